The second-order valence-corrected chi connectivity index (χ2v) is 6.17. The van der Waals surface area contributed by atoms with Crippen molar-refractivity contribution in [1.82, 2.24) is 14.9 Å². The SMILES string of the molecule is Nc1nc2c(c(-c3ccccc3)n1)CN(Cc1ccccc1)CC2. The van der Waals surface area contributed by atoms with Crippen LogP contribution in [0.2, 0.25) is 0 Å². The highest BCUT2D eigenvalue weighted by atomic mass is 15.1. The first-order valence-corrected chi connectivity index (χ1v) is 8.26. The molecule has 0 atom stereocenters. The van der Waals surface area contributed by atoms with Crippen molar-refractivity contribution in [3.63, 3.8) is 0 Å². The molecule has 0 saturated heterocycles. The lowest BCUT2D eigenvalue weighted by Crippen LogP contribution is -2.31. The highest BCUT2D eigenvalue weighted by Gasteiger charge is 2.22. The van der Waals surface area contributed by atoms with Crippen LogP contribution in [0.5, 0.6) is 0 Å². The molecule has 2 heterocycles. The summed E-state index contributed by atoms with van der Waals surface area (Å²) in [4.78, 5) is 11.5. The van der Waals surface area contributed by atoms with Crippen LogP contribution in [0, 0.1) is 0 Å². The molecule has 2 N–H and O–H groups in total. The average Bonchev–Trinajstić information content (AvgIpc) is 2.63. The fourth-order valence-electron chi connectivity index (χ4n) is 3.30. The van der Waals surface area contributed by atoms with Crippen molar-refractivity contribution in [2.75, 3.05) is 12.3 Å². The van der Waals surface area contributed by atoms with E-state index in [0.29, 0.717) is 5.95 Å². The number of rotatable bonds is 3. The van der Waals surface area contributed by atoms with Crippen LogP contribution in [0.1, 0.15) is 16.8 Å². The molecule has 4 heteroatoms. The fraction of sp³-hybridized carbons (Fsp3) is 0.200. The summed E-state index contributed by atoms with van der Waals surface area (Å²) >= 11 is 0. The van der Waals surface area contributed by atoms with Gasteiger partial charge in [0.1, 0.15) is 0 Å². The predicted molar refractivity (Wildman–Crippen MR) is 96.1 cm³/mol. The van der Waals surface area contributed by atoms with Crippen molar-refractivity contribution in [3.8, 4) is 11.3 Å². The highest BCUT2D eigenvalue weighted by Crippen LogP contribution is 2.29. The Kier molecular flexibility index (Phi) is 3.97. The number of aromatic nitrogens is 2. The maximum atomic E-state index is 5.94. The molecule has 0 bridgehead atoms. The van der Waals surface area contributed by atoms with Gasteiger partial charge in [0.15, 0.2) is 0 Å². The van der Waals surface area contributed by atoms with Crippen LogP contribution in [0.15, 0.2) is 60.7 Å². The Bertz CT molecular complexity index is 831. The zero-order valence-electron chi connectivity index (χ0n) is 13.5. The van der Waals surface area contributed by atoms with Gasteiger partial charge in [-0.15, -0.1) is 0 Å². The first kappa shape index (κ1) is 14.8. The summed E-state index contributed by atoms with van der Waals surface area (Å²) in [5.74, 6) is 0.365. The molecule has 0 spiro atoms. The lowest BCUT2D eigenvalue weighted by atomic mass is 9.99. The Labute approximate surface area is 142 Å². The van der Waals surface area contributed by atoms with Gasteiger partial charge < -0.3 is 5.73 Å². The molecule has 1 aliphatic heterocycles. The van der Waals surface area contributed by atoms with Crippen molar-refractivity contribution in [1.29, 1.82) is 0 Å². The van der Waals surface area contributed by atoms with Crippen molar-refractivity contribution >= 4 is 5.95 Å². The van der Waals surface area contributed by atoms with E-state index < -0.39 is 0 Å². The lowest BCUT2D eigenvalue weighted by Gasteiger charge is -2.29. The van der Waals surface area contributed by atoms with Gasteiger partial charge in [-0.2, -0.15) is 0 Å². The van der Waals surface area contributed by atoms with E-state index in [-0.39, 0.29) is 0 Å². The van der Waals surface area contributed by atoms with Crippen LogP contribution < -0.4 is 5.73 Å². The highest BCUT2D eigenvalue weighted by molar-refractivity contribution is 5.65. The molecular formula is C20H20N4. The number of anilines is 1. The van der Waals surface area contributed by atoms with Gasteiger partial charge in [0.05, 0.1) is 11.4 Å². The second-order valence-electron chi connectivity index (χ2n) is 6.17. The lowest BCUT2D eigenvalue weighted by molar-refractivity contribution is 0.243. The minimum absolute atomic E-state index is 0.365. The molecule has 24 heavy (non-hydrogen) atoms. The smallest absolute Gasteiger partial charge is 0.220 e. The largest absolute Gasteiger partial charge is 0.368 e. The standard InChI is InChI=1S/C20H20N4/c21-20-22-18-11-12-24(13-15-7-3-1-4-8-15)14-17(18)19(23-20)16-9-5-2-6-10-16/h1-10H,11-14H2,(H2,21,22,23). The number of nitrogen functional groups attached to an aromatic ring is 1. The van der Waals surface area contributed by atoms with Crippen LogP contribution in [0.3, 0.4) is 0 Å². The average molecular weight is 316 g/mol. The molecule has 0 radical (unpaired) electrons. The topological polar surface area (TPSA) is 55.0 Å². The van der Waals surface area contributed by atoms with E-state index >= 15 is 0 Å². The summed E-state index contributed by atoms with van der Waals surface area (Å²) < 4.78 is 0. The molecule has 4 rings (SSSR count). The number of hydrogen-bond acceptors (Lipinski definition) is 4. The van der Waals surface area contributed by atoms with Gasteiger partial charge >= 0.3 is 0 Å². The number of nitrogens with zero attached hydrogens (tertiary/aromatic N) is 3. The van der Waals surface area contributed by atoms with Gasteiger partial charge in [-0.25, -0.2) is 9.97 Å². The van der Waals surface area contributed by atoms with E-state index in [2.05, 4.69) is 57.3 Å². The van der Waals surface area contributed by atoms with Crippen molar-refractivity contribution in [3.05, 3.63) is 77.5 Å². The maximum Gasteiger partial charge on any atom is 0.220 e. The molecule has 0 saturated carbocycles. The molecule has 120 valence electrons. The molecule has 4 nitrogen and oxygen atoms in total. The third kappa shape index (κ3) is 3.01. The van der Waals surface area contributed by atoms with Crippen LogP contribution >= 0.6 is 0 Å². The van der Waals surface area contributed by atoms with Gasteiger partial charge in [0, 0.05) is 37.2 Å². The summed E-state index contributed by atoms with van der Waals surface area (Å²) in [6.07, 6.45) is 0.911. The van der Waals surface area contributed by atoms with E-state index in [1.165, 1.54) is 11.1 Å². The summed E-state index contributed by atoms with van der Waals surface area (Å²) in [6.45, 7) is 2.79. The van der Waals surface area contributed by atoms with E-state index in [9.17, 15) is 0 Å². The van der Waals surface area contributed by atoms with Crippen LogP contribution in [-0.2, 0) is 19.5 Å². The first-order valence-electron chi connectivity index (χ1n) is 8.26. The van der Waals surface area contributed by atoms with Crippen molar-refractivity contribution in [2.24, 2.45) is 0 Å². The van der Waals surface area contributed by atoms with Crippen LogP contribution in [0.25, 0.3) is 11.3 Å². The third-order valence-corrected chi connectivity index (χ3v) is 4.45. The fourth-order valence-corrected chi connectivity index (χ4v) is 3.30. The normalized spacial score (nSPS) is 14.3. The molecule has 2 aromatic carbocycles. The van der Waals surface area contributed by atoms with Crippen molar-refractivity contribution in [2.45, 2.75) is 19.5 Å². The number of benzene rings is 2. The van der Waals surface area contributed by atoms with E-state index in [1.54, 1.807) is 0 Å². The predicted octanol–water partition coefficient (Wildman–Crippen LogP) is 3.28. The summed E-state index contributed by atoms with van der Waals surface area (Å²) in [7, 11) is 0. The Balaban J connectivity index is 1.67. The summed E-state index contributed by atoms with van der Waals surface area (Å²) in [5, 5.41) is 0. The second kappa shape index (κ2) is 6.42. The Morgan fingerprint density at radius 1 is 0.917 bits per heavy atom. The van der Waals surface area contributed by atoms with Gasteiger partial charge in [-0.3, -0.25) is 4.90 Å². The molecule has 0 unspecified atom stereocenters. The molecule has 1 aliphatic rings. The minimum Gasteiger partial charge on any atom is -0.368 e. The quantitative estimate of drug-likeness (QED) is 0.805. The number of fused-ring (bicyclic) bond motifs is 1. The zero-order chi connectivity index (χ0) is 16.4. The van der Waals surface area contributed by atoms with E-state index in [4.69, 9.17) is 5.73 Å². The van der Waals surface area contributed by atoms with Gasteiger partial charge in [0.25, 0.3) is 0 Å². The van der Waals surface area contributed by atoms with Gasteiger partial charge in [0.2, 0.25) is 5.95 Å². The molecule has 0 aliphatic carbocycles. The van der Waals surface area contributed by atoms with Gasteiger partial charge in [-0.1, -0.05) is 60.7 Å². The van der Waals surface area contributed by atoms with Crippen LogP contribution in [-0.4, -0.2) is 21.4 Å². The summed E-state index contributed by atoms with van der Waals surface area (Å²) in [5.41, 5.74) is 11.6. The Morgan fingerprint density at radius 2 is 1.62 bits per heavy atom. The van der Waals surface area contributed by atoms with Crippen molar-refractivity contribution < 1.29 is 0 Å². The Morgan fingerprint density at radius 3 is 2.38 bits per heavy atom. The van der Waals surface area contributed by atoms with Gasteiger partial charge in [-0.05, 0) is 5.56 Å². The minimum atomic E-state index is 0.365. The molecule has 0 fully saturated rings. The monoisotopic (exact) mass is 316 g/mol. The van der Waals surface area contributed by atoms with E-state index in [1.807, 2.05) is 18.2 Å². The molecule has 1 aromatic heterocycles. The Hall–Kier alpha value is -2.72. The third-order valence-electron chi connectivity index (χ3n) is 4.45. The first-order chi connectivity index (χ1) is 11.8. The van der Waals surface area contributed by atoms with E-state index in [0.717, 1.165) is 43.0 Å². The molecule has 0 amide bonds. The van der Waals surface area contributed by atoms with Crippen LogP contribution in [0.4, 0.5) is 5.95 Å². The number of nitrogens with two attached hydrogens (primary N) is 1. The maximum absolute atomic E-state index is 5.94. The summed E-state index contributed by atoms with van der Waals surface area (Å²) in [6, 6.07) is 20.8. The molecular weight excluding hydrogens is 296 g/mol. The molecule has 3 aromatic rings. The number of hydrogen-bond donors (Lipinski definition) is 1. The zero-order valence-corrected chi connectivity index (χ0v) is 13.5.